The van der Waals surface area contributed by atoms with E-state index in [0.29, 0.717) is 33.5 Å². The Morgan fingerprint density at radius 3 is 1.33 bits per heavy atom. The van der Waals surface area contributed by atoms with Crippen LogP contribution in [-0.2, 0) is 0 Å². The number of tetrazole rings is 2. The molecular weight excluding hydrogens is 731 g/mol. The normalized spacial score (nSPS) is 18.0. The quantitative estimate of drug-likeness (QED) is 0.158. The van der Waals surface area contributed by atoms with Crippen LogP contribution in [0.5, 0.6) is 0 Å². The minimum absolute atomic E-state index is 0.192. The second-order valence-corrected chi connectivity index (χ2v) is 15.1. The Bertz CT molecular complexity index is 2420. The number of rotatable bonds is 8. The van der Waals surface area contributed by atoms with E-state index in [2.05, 4.69) is 41.5 Å². The third kappa shape index (κ3) is 7.72. The molecule has 2 aliphatic heterocycles. The Morgan fingerprint density at radius 2 is 0.914 bits per heavy atom. The summed E-state index contributed by atoms with van der Waals surface area (Å²) in [7, 11) is 0. The van der Waals surface area contributed by atoms with E-state index in [1.165, 1.54) is 0 Å². The van der Waals surface area contributed by atoms with Gasteiger partial charge in [-0.3, -0.25) is 0 Å². The molecule has 6 aromatic carbocycles. The number of piperidine rings is 2. The van der Waals surface area contributed by atoms with Crippen LogP contribution in [0.15, 0.2) is 133 Å². The maximum Gasteiger partial charge on any atom is 0.204 e. The molecule has 2 aliphatic rings. The number of nitrogens with one attached hydrogen (secondary N) is 2. The summed E-state index contributed by atoms with van der Waals surface area (Å²) >= 11 is 0. The zero-order valence-corrected chi connectivity index (χ0v) is 32.0. The Labute approximate surface area is 335 Å². The molecule has 0 spiro atoms. The first-order valence-electron chi connectivity index (χ1n) is 20.1. The summed E-state index contributed by atoms with van der Waals surface area (Å²) < 4.78 is 31.2. The van der Waals surface area contributed by atoms with Crippen LogP contribution in [0.1, 0.15) is 48.9 Å². The van der Waals surface area contributed by atoms with E-state index in [9.17, 15) is 0 Å². The molecule has 0 saturated carbocycles. The Balaban J connectivity index is 0.000000150. The Morgan fingerprint density at radius 1 is 0.500 bits per heavy atom. The largest absolute Gasteiger partial charge is 0.316 e. The van der Waals surface area contributed by atoms with Crippen molar-refractivity contribution in [1.82, 2.24) is 51.0 Å². The van der Waals surface area contributed by atoms with Gasteiger partial charge in [0.25, 0.3) is 0 Å². The number of fused-ring (bicyclic) bond motifs is 2. The van der Waals surface area contributed by atoms with Crippen molar-refractivity contribution >= 4 is 21.5 Å². The Kier molecular flexibility index (Phi) is 11.0. The van der Waals surface area contributed by atoms with Crippen molar-refractivity contribution in [3.63, 3.8) is 0 Å². The third-order valence-corrected chi connectivity index (χ3v) is 11.4. The SMILES string of the molecule is Fc1c([C@@H]([C@H]2CCCNC2)n2nnc(-c3ccccc3)n2)ccc2ccccc12.Fc1c([C@H]([C@@H]2CCCNC2)n2nnc(-c3ccccc3)n2)ccc2ccccc12. The molecule has 0 aliphatic carbocycles. The average molecular weight is 775 g/mol. The van der Waals surface area contributed by atoms with Crippen molar-refractivity contribution in [1.29, 1.82) is 0 Å². The second-order valence-electron chi connectivity index (χ2n) is 15.1. The van der Waals surface area contributed by atoms with E-state index in [4.69, 9.17) is 0 Å². The lowest BCUT2D eigenvalue weighted by Gasteiger charge is -2.30. The van der Waals surface area contributed by atoms with E-state index >= 15 is 8.78 Å². The summed E-state index contributed by atoms with van der Waals surface area (Å²) in [4.78, 5) is 3.21. The molecule has 10 rings (SSSR count). The maximum absolute atomic E-state index is 15.6. The van der Waals surface area contributed by atoms with Crippen LogP contribution >= 0.6 is 0 Å². The van der Waals surface area contributed by atoms with Gasteiger partial charge in [-0.15, -0.1) is 20.4 Å². The number of aromatic nitrogens is 8. The Hall–Kier alpha value is -6.24. The third-order valence-electron chi connectivity index (χ3n) is 11.4. The van der Waals surface area contributed by atoms with Gasteiger partial charge in [0.1, 0.15) is 23.7 Å². The molecule has 2 saturated heterocycles. The van der Waals surface area contributed by atoms with E-state index in [-0.39, 0.29) is 35.6 Å². The number of hydrogen-bond acceptors (Lipinski definition) is 8. The predicted octanol–water partition coefficient (Wildman–Crippen LogP) is 8.44. The lowest BCUT2D eigenvalue weighted by atomic mass is 9.86. The van der Waals surface area contributed by atoms with E-state index in [1.807, 2.05) is 133 Å². The standard InChI is InChI=1S/2C23H22FN5/c2*24-21-19-11-5-4-7-16(19)12-13-20(21)22(18-10-6-14-25-15-18)29-27-23(26-28-29)17-8-2-1-3-9-17/h2*1-5,7-9,11-13,18,22,25H,6,10,14-15H2/t2*18-,22+/m10/s1. The molecule has 0 amide bonds. The van der Waals surface area contributed by atoms with Crippen LogP contribution in [0, 0.1) is 23.5 Å². The van der Waals surface area contributed by atoms with Gasteiger partial charge in [-0.2, -0.15) is 9.59 Å². The highest BCUT2D eigenvalue weighted by molar-refractivity contribution is 5.84. The summed E-state index contributed by atoms with van der Waals surface area (Å²) in [5, 5.41) is 36.4. The zero-order chi connectivity index (χ0) is 39.3. The van der Waals surface area contributed by atoms with Crippen molar-refractivity contribution in [2.75, 3.05) is 26.2 Å². The highest BCUT2D eigenvalue weighted by Gasteiger charge is 2.33. The van der Waals surface area contributed by atoms with Gasteiger partial charge in [-0.1, -0.05) is 133 Å². The molecular formula is C46H44F2N10. The van der Waals surface area contributed by atoms with Crippen molar-refractivity contribution < 1.29 is 8.78 Å². The van der Waals surface area contributed by atoms with Gasteiger partial charge >= 0.3 is 0 Å². The van der Waals surface area contributed by atoms with Gasteiger partial charge in [0.15, 0.2) is 0 Å². The molecule has 0 radical (unpaired) electrons. The fourth-order valence-electron chi connectivity index (χ4n) is 8.48. The van der Waals surface area contributed by atoms with Gasteiger partial charge < -0.3 is 10.6 Å². The number of nitrogens with zero attached hydrogens (tertiary/aromatic N) is 8. The summed E-state index contributed by atoms with van der Waals surface area (Å²) in [6, 6.07) is 41.7. The summed E-state index contributed by atoms with van der Waals surface area (Å²) in [5.74, 6) is 1.10. The molecule has 8 aromatic rings. The van der Waals surface area contributed by atoms with Crippen molar-refractivity contribution in [2.24, 2.45) is 11.8 Å². The van der Waals surface area contributed by atoms with Gasteiger partial charge in [0.05, 0.1) is 0 Å². The minimum Gasteiger partial charge on any atom is -0.316 e. The molecule has 292 valence electrons. The first-order chi connectivity index (χ1) is 28.6. The van der Waals surface area contributed by atoms with E-state index in [0.717, 1.165) is 73.8 Å². The summed E-state index contributed by atoms with van der Waals surface area (Å²) in [6.45, 7) is 3.59. The number of benzene rings is 6. The van der Waals surface area contributed by atoms with Crippen LogP contribution < -0.4 is 10.6 Å². The molecule has 0 unspecified atom stereocenters. The topological polar surface area (TPSA) is 111 Å². The van der Waals surface area contributed by atoms with Gasteiger partial charge in [-0.05, 0) is 71.8 Å². The molecule has 58 heavy (non-hydrogen) atoms. The van der Waals surface area contributed by atoms with Crippen LogP contribution in [0.25, 0.3) is 44.3 Å². The fourth-order valence-corrected chi connectivity index (χ4v) is 8.48. The second kappa shape index (κ2) is 17.1. The van der Waals surface area contributed by atoms with E-state index in [1.54, 1.807) is 9.59 Å². The first kappa shape index (κ1) is 37.3. The summed E-state index contributed by atoms with van der Waals surface area (Å²) in [6.07, 6.45) is 4.09. The van der Waals surface area contributed by atoms with Gasteiger partial charge in [0.2, 0.25) is 11.6 Å². The van der Waals surface area contributed by atoms with E-state index < -0.39 is 0 Å². The average Bonchev–Trinajstić information content (AvgIpc) is 3.99. The molecule has 4 heterocycles. The molecule has 2 fully saturated rings. The lowest BCUT2D eigenvalue weighted by molar-refractivity contribution is 0.257. The van der Waals surface area contributed by atoms with Crippen LogP contribution in [0.3, 0.4) is 0 Å². The predicted molar refractivity (Wildman–Crippen MR) is 222 cm³/mol. The van der Waals surface area contributed by atoms with Gasteiger partial charge in [-0.25, -0.2) is 8.78 Å². The van der Waals surface area contributed by atoms with Crippen molar-refractivity contribution in [2.45, 2.75) is 37.8 Å². The summed E-state index contributed by atoms with van der Waals surface area (Å²) in [5.41, 5.74) is 3.04. The molecule has 4 atom stereocenters. The molecule has 2 N–H and O–H groups in total. The fraction of sp³-hybridized carbons (Fsp3) is 0.261. The molecule has 2 aromatic heterocycles. The van der Waals surface area contributed by atoms with Crippen LogP contribution in [0.4, 0.5) is 8.78 Å². The van der Waals surface area contributed by atoms with Crippen molar-refractivity contribution in [3.8, 4) is 22.8 Å². The van der Waals surface area contributed by atoms with Crippen LogP contribution in [-0.4, -0.2) is 66.6 Å². The molecule has 10 nitrogen and oxygen atoms in total. The zero-order valence-electron chi connectivity index (χ0n) is 32.0. The molecule has 0 bridgehead atoms. The number of hydrogen-bond donors (Lipinski definition) is 2. The first-order valence-corrected chi connectivity index (χ1v) is 20.1. The minimum atomic E-state index is -0.308. The maximum atomic E-state index is 15.6. The van der Waals surface area contributed by atoms with Crippen LogP contribution in [0.2, 0.25) is 0 Å². The van der Waals surface area contributed by atoms with Crippen molar-refractivity contribution in [3.05, 3.63) is 156 Å². The smallest absolute Gasteiger partial charge is 0.204 e. The monoisotopic (exact) mass is 774 g/mol. The molecule has 12 heteroatoms. The van der Waals surface area contributed by atoms with Gasteiger partial charge in [0, 0.05) is 46.1 Å². The lowest BCUT2D eigenvalue weighted by Crippen LogP contribution is -2.36. The highest BCUT2D eigenvalue weighted by Crippen LogP contribution is 2.36. The number of halogens is 2. The highest BCUT2D eigenvalue weighted by atomic mass is 19.1.